The van der Waals surface area contributed by atoms with Crippen LogP contribution in [0.15, 0.2) is 85.2 Å². The van der Waals surface area contributed by atoms with E-state index in [9.17, 15) is 10.1 Å². The predicted molar refractivity (Wildman–Crippen MR) is 120 cm³/mol. The SMILES string of the molecule is Cn1cc(C(c2cccc([N+](=O)[O-])c2)c2cn(C)c3ccccc23)c2ccccc21. The first-order valence-corrected chi connectivity index (χ1v) is 9.87. The number of hydrogen-bond donors (Lipinski definition) is 0. The molecule has 3 aromatic carbocycles. The molecule has 0 unspecified atom stereocenters. The Morgan fingerprint density at radius 1 is 0.767 bits per heavy atom. The van der Waals surface area contributed by atoms with Crippen molar-refractivity contribution in [2.75, 3.05) is 0 Å². The second-order valence-electron chi connectivity index (χ2n) is 7.71. The summed E-state index contributed by atoms with van der Waals surface area (Å²) < 4.78 is 4.25. The van der Waals surface area contributed by atoms with E-state index in [1.807, 2.05) is 44.4 Å². The second-order valence-corrected chi connectivity index (χ2v) is 7.71. The van der Waals surface area contributed by atoms with Crippen LogP contribution in [-0.4, -0.2) is 14.1 Å². The number of aryl methyl sites for hydroxylation is 2. The minimum Gasteiger partial charge on any atom is -0.350 e. The Kier molecular flexibility index (Phi) is 4.17. The molecule has 0 bridgehead atoms. The molecule has 0 aliphatic rings. The van der Waals surface area contributed by atoms with Gasteiger partial charge in [-0.2, -0.15) is 0 Å². The molecule has 148 valence electrons. The standard InChI is InChI=1S/C25H21N3O2/c1-26-15-21(19-10-3-5-12-23(19)26)25(17-8-7-9-18(14-17)28(29)30)22-16-27(2)24-13-6-4-11-20(22)24/h3-16,25H,1-2H3. The van der Waals surface area contributed by atoms with Gasteiger partial charge in [0.1, 0.15) is 0 Å². The summed E-state index contributed by atoms with van der Waals surface area (Å²) in [5.41, 5.74) is 5.59. The van der Waals surface area contributed by atoms with Crippen molar-refractivity contribution in [2.45, 2.75) is 5.92 Å². The van der Waals surface area contributed by atoms with Gasteiger partial charge in [0.25, 0.3) is 5.69 Å². The van der Waals surface area contributed by atoms with E-state index in [1.165, 1.54) is 0 Å². The molecule has 5 aromatic rings. The first kappa shape index (κ1) is 18.2. The minimum absolute atomic E-state index is 0.109. The van der Waals surface area contributed by atoms with Gasteiger partial charge in [-0.3, -0.25) is 10.1 Å². The summed E-state index contributed by atoms with van der Waals surface area (Å²) in [6.45, 7) is 0. The number of nitro groups is 1. The van der Waals surface area contributed by atoms with Crippen molar-refractivity contribution in [2.24, 2.45) is 14.1 Å². The number of para-hydroxylation sites is 2. The van der Waals surface area contributed by atoms with Crippen molar-refractivity contribution in [1.82, 2.24) is 9.13 Å². The number of non-ortho nitro benzene ring substituents is 1. The first-order chi connectivity index (χ1) is 14.5. The van der Waals surface area contributed by atoms with Crippen molar-refractivity contribution >= 4 is 27.5 Å². The number of nitro benzene ring substituents is 1. The molecule has 5 nitrogen and oxygen atoms in total. The Bertz CT molecular complexity index is 1330. The molecule has 30 heavy (non-hydrogen) atoms. The van der Waals surface area contributed by atoms with Crippen LogP contribution in [-0.2, 0) is 14.1 Å². The van der Waals surface area contributed by atoms with E-state index in [-0.39, 0.29) is 16.5 Å². The molecule has 0 fully saturated rings. The number of nitrogens with zero attached hydrogens (tertiary/aromatic N) is 3. The normalized spacial score (nSPS) is 11.6. The average molecular weight is 395 g/mol. The van der Waals surface area contributed by atoms with Crippen LogP contribution in [0.5, 0.6) is 0 Å². The van der Waals surface area contributed by atoms with Gasteiger partial charge < -0.3 is 9.13 Å². The van der Waals surface area contributed by atoms with Crippen molar-refractivity contribution in [3.05, 3.63) is 112 Å². The third-order valence-corrected chi connectivity index (χ3v) is 5.89. The van der Waals surface area contributed by atoms with Crippen LogP contribution in [0.4, 0.5) is 5.69 Å². The lowest BCUT2D eigenvalue weighted by molar-refractivity contribution is -0.384. The fraction of sp³-hybridized carbons (Fsp3) is 0.120. The Hall–Kier alpha value is -3.86. The molecule has 5 rings (SSSR count). The molecule has 2 heterocycles. The van der Waals surface area contributed by atoms with Gasteiger partial charge in [0.05, 0.1) is 4.92 Å². The zero-order valence-electron chi connectivity index (χ0n) is 16.8. The summed E-state index contributed by atoms with van der Waals surface area (Å²) in [4.78, 5) is 11.2. The van der Waals surface area contributed by atoms with Gasteiger partial charge in [0.2, 0.25) is 0 Å². The summed E-state index contributed by atoms with van der Waals surface area (Å²) in [6.07, 6.45) is 4.30. The molecule has 0 spiro atoms. The molecular weight excluding hydrogens is 374 g/mol. The Morgan fingerprint density at radius 3 is 1.83 bits per heavy atom. The van der Waals surface area contributed by atoms with E-state index in [1.54, 1.807) is 18.2 Å². The van der Waals surface area contributed by atoms with E-state index in [2.05, 4.69) is 45.8 Å². The van der Waals surface area contributed by atoms with Gasteiger partial charge in [-0.05, 0) is 28.8 Å². The van der Waals surface area contributed by atoms with Crippen LogP contribution in [0, 0.1) is 10.1 Å². The smallest absolute Gasteiger partial charge is 0.269 e. The fourth-order valence-corrected chi connectivity index (χ4v) is 4.55. The highest BCUT2D eigenvalue weighted by Gasteiger charge is 2.25. The van der Waals surface area contributed by atoms with Gasteiger partial charge in [-0.15, -0.1) is 0 Å². The van der Waals surface area contributed by atoms with Crippen molar-refractivity contribution in [3.63, 3.8) is 0 Å². The molecule has 5 heteroatoms. The van der Waals surface area contributed by atoms with Crippen LogP contribution in [0.3, 0.4) is 0 Å². The number of benzene rings is 3. The zero-order chi connectivity index (χ0) is 20.8. The second kappa shape index (κ2) is 6.88. The molecular formula is C25H21N3O2. The highest BCUT2D eigenvalue weighted by molar-refractivity contribution is 5.89. The Labute approximate surface area is 173 Å². The van der Waals surface area contributed by atoms with Crippen LogP contribution in [0.1, 0.15) is 22.6 Å². The van der Waals surface area contributed by atoms with Gasteiger partial charge in [-0.25, -0.2) is 0 Å². The third kappa shape index (κ3) is 2.78. The number of hydrogen-bond acceptors (Lipinski definition) is 2. The topological polar surface area (TPSA) is 53.0 Å². The molecule has 0 saturated carbocycles. The fourth-order valence-electron chi connectivity index (χ4n) is 4.55. The first-order valence-electron chi connectivity index (χ1n) is 9.87. The molecule has 0 N–H and O–H groups in total. The van der Waals surface area contributed by atoms with Gasteiger partial charge in [0, 0.05) is 66.3 Å². The predicted octanol–water partition coefficient (Wildman–Crippen LogP) is 5.76. The van der Waals surface area contributed by atoms with Gasteiger partial charge in [0.15, 0.2) is 0 Å². The van der Waals surface area contributed by atoms with E-state index in [0.29, 0.717) is 0 Å². The summed E-state index contributed by atoms with van der Waals surface area (Å²) in [5.74, 6) is -0.123. The summed E-state index contributed by atoms with van der Waals surface area (Å²) in [7, 11) is 4.08. The van der Waals surface area contributed by atoms with Gasteiger partial charge in [-0.1, -0.05) is 48.5 Å². The lowest BCUT2D eigenvalue weighted by atomic mass is 9.84. The maximum absolute atomic E-state index is 11.5. The number of rotatable bonds is 4. The van der Waals surface area contributed by atoms with E-state index < -0.39 is 0 Å². The summed E-state index contributed by atoms with van der Waals surface area (Å²) >= 11 is 0. The molecule has 0 aliphatic heterocycles. The van der Waals surface area contributed by atoms with Crippen LogP contribution >= 0.6 is 0 Å². The maximum atomic E-state index is 11.5. The van der Waals surface area contributed by atoms with Crippen molar-refractivity contribution < 1.29 is 4.92 Å². The highest BCUT2D eigenvalue weighted by atomic mass is 16.6. The number of aromatic nitrogens is 2. The molecule has 0 saturated heterocycles. The lowest BCUT2D eigenvalue weighted by Gasteiger charge is -2.17. The average Bonchev–Trinajstić information content (AvgIpc) is 3.27. The monoisotopic (exact) mass is 395 g/mol. The van der Waals surface area contributed by atoms with E-state index in [0.717, 1.165) is 38.5 Å². The molecule has 0 radical (unpaired) electrons. The quantitative estimate of drug-likeness (QED) is 0.287. The van der Waals surface area contributed by atoms with E-state index >= 15 is 0 Å². The highest BCUT2D eigenvalue weighted by Crippen LogP contribution is 2.41. The molecule has 0 atom stereocenters. The molecule has 0 amide bonds. The third-order valence-electron chi connectivity index (χ3n) is 5.89. The van der Waals surface area contributed by atoms with Gasteiger partial charge >= 0.3 is 0 Å². The van der Waals surface area contributed by atoms with Crippen LogP contribution < -0.4 is 0 Å². The molecule has 2 aromatic heterocycles. The molecule has 0 aliphatic carbocycles. The largest absolute Gasteiger partial charge is 0.350 e. The van der Waals surface area contributed by atoms with Crippen LogP contribution in [0.2, 0.25) is 0 Å². The number of fused-ring (bicyclic) bond motifs is 2. The van der Waals surface area contributed by atoms with Crippen molar-refractivity contribution in [1.29, 1.82) is 0 Å². The maximum Gasteiger partial charge on any atom is 0.269 e. The van der Waals surface area contributed by atoms with E-state index in [4.69, 9.17) is 0 Å². The van der Waals surface area contributed by atoms with Crippen molar-refractivity contribution in [3.8, 4) is 0 Å². The Balaban J connectivity index is 1.85. The Morgan fingerprint density at radius 2 is 1.30 bits per heavy atom. The lowest BCUT2D eigenvalue weighted by Crippen LogP contribution is -2.03. The van der Waals surface area contributed by atoms with Crippen LogP contribution in [0.25, 0.3) is 21.8 Å². The summed E-state index contributed by atoms with van der Waals surface area (Å²) in [6, 6.07) is 23.6. The summed E-state index contributed by atoms with van der Waals surface area (Å²) in [5, 5.41) is 13.8. The zero-order valence-corrected chi connectivity index (χ0v) is 16.8. The minimum atomic E-state index is -0.327.